The lowest BCUT2D eigenvalue weighted by atomic mass is 10.0. The monoisotopic (exact) mass is 241 g/mol. The minimum absolute atomic E-state index is 0.0608. The zero-order valence-electron chi connectivity index (χ0n) is 9.65. The maximum absolute atomic E-state index is 13.1. The predicted octanol–water partition coefficient (Wildman–Crippen LogP) is 2.09. The molecule has 0 saturated carbocycles. The molecule has 1 aromatic rings. The standard InChI is InChI=1S/C12H16FNO3/c1-17-11-6-5-8(13)7-9(11)10(14)3-2-4-12(15)16/h5-7,10H,2-4,14H2,1H3,(H,15,16). The van der Waals surface area contributed by atoms with Crippen LogP contribution in [0.25, 0.3) is 0 Å². The van der Waals surface area contributed by atoms with Gasteiger partial charge in [-0.25, -0.2) is 4.39 Å². The lowest BCUT2D eigenvalue weighted by Gasteiger charge is -2.15. The van der Waals surface area contributed by atoms with E-state index in [0.717, 1.165) is 0 Å². The molecule has 4 nitrogen and oxygen atoms in total. The van der Waals surface area contributed by atoms with E-state index in [9.17, 15) is 9.18 Å². The molecule has 1 aromatic carbocycles. The van der Waals surface area contributed by atoms with Gasteiger partial charge < -0.3 is 15.6 Å². The summed E-state index contributed by atoms with van der Waals surface area (Å²) in [6.07, 6.45) is 0.994. The minimum atomic E-state index is -0.858. The number of methoxy groups -OCH3 is 1. The van der Waals surface area contributed by atoms with Crippen LogP contribution >= 0.6 is 0 Å². The molecule has 0 saturated heterocycles. The number of nitrogens with two attached hydrogens (primary N) is 1. The molecule has 1 atom stereocenters. The Balaban J connectivity index is 2.69. The maximum atomic E-state index is 13.1. The van der Waals surface area contributed by atoms with E-state index in [0.29, 0.717) is 24.2 Å². The van der Waals surface area contributed by atoms with Gasteiger partial charge in [0.15, 0.2) is 0 Å². The van der Waals surface area contributed by atoms with Crippen LogP contribution in [0.1, 0.15) is 30.9 Å². The Hall–Kier alpha value is -1.62. The highest BCUT2D eigenvalue weighted by Gasteiger charge is 2.13. The van der Waals surface area contributed by atoms with Crippen molar-refractivity contribution in [2.24, 2.45) is 5.73 Å². The molecule has 0 fully saturated rings. The van der Waals surface area contributed by atoms with E-state index < -0.39 is 12.0 Å². The summed E-state index contributed by atoms with van der Waals surface area (Å²) >= 11 is 0. The lowest BCUT2D eigenvalue weighted by molar-refractivity contribution is -0.137. The van der Waals surface area contributed by atoms with Crippen molar-refractivity contribution in [1.29, 1.82) is 0 Å². The van der Waals surface area contributed by atoms with Crippen molar-refractivity contribution < 1.29 is 19.0 Å². The van der Waals surface area contributed by atoms with Crippen LogP contribution in [0.5, 0.6) is 5.75 Å². The summed E-state index contributed by atoms with van der Waals surface area (Å²) in [7, 11) is 1.49. The average molecular weight is 241 g/mol. The van der Waals surface area contributed by atoms with Gasteiger partial charge in [0.2, 0.25) is 0 Å². The van der Waals surface area contributed by atoms with Gasteiger partial charge in [0, 0.05) is 18.0 Å². The Kier molecular flexibility index (Phi) is 4.90. The van der Waals surface area contributed by atoms with Crippen LogP contribution in [0, 0.1) is 5.82 Å². The number of rotatable bonds is 6. The second-order valence-electron chi connectivity index (χ2n) is 3.78. The summed E-state index contributed by atoms with van der Waals surface area (Å²) in [6.45, 7) is 0. The summed E-state index contributed by atoms with van der Waals surface area (Å²) in [4.78, 5) is 10.4. The molecule has 94 valence electrons. The highest BCUT2D eigenvalue weighted by Crippen LogP contribution is 2.27. The number of carboxylic acids is 1. The van der Waals surface area contributed by atoms with Crippen LogP contribution in [-0.2, 0) is 4.79 Å². The molecular weight excluding hydrogens is 225 g/mol. The Bertz CT molecular complexity index is 395. The van der Waals surface area contributed by atoms with Crippen molar-refractivity contribution in [3.8, 4) is 5.75 Å². The van der Waals surface area contributed by atoms with E-state index in [4.69, 9.17) is 15.6 Å². The second-order valence-corrected chi connectivity index (χ2v) is 3.78. The maximum Gasteiger partial charge on any atom is 0.303 e. The van der Waals surface area contributed by atoms with Crippen molar-refractivity contribution in [2.45, 2.75) is 25.3 Å². The van der Waals surface area contributed by atoms with Gasteiger partial charge in [0.1, 0.15) is 11.6 Å². The van der Waals surface area contributed by atoms with Crippen molar-refractivity contribution in [1.82, 2.24) is 0 Å². The summed E-state index contributed by atoms with van der Waals surface area (Å²) in [5.41, 5.74) is 6.45. The number of hydrogen-bond acceptors (Lipinski definition) is 3. The summed E-state index contributed by atoms with van der Waals surface area (Å²) in [5.74, 6) is -0.716. The molecule has 0 radical (unpaired) electrons. The summed E-state index contributed by atoms with van der Waals surface area (Å²) in [5, 5.41) is 8.52. The zero-order chi connectivity index (χ0) is 12.8. The molecule has 0 amide bonds. The van der Waals surface area contributed by atoms with Crippen molar-refractivity contribution >= 4 is 5.97 Å². The van der Waals surface area contributed by atoms with Crippen molar-refractivity contribution in [2.75, 3.05) is 7.11 Å². The number of ether oxygens (including phenoxy) is 1. The number of halogens is 1. The SMILES string of the molecule is COc1ccc(F)cc1C(N)CCCC(=O)O. The Labute approximate surface area is 99.2 Å². The highest BCUT2D eigenvalue weighted by atomic mass is 19.1. The third-order valence-corrected chi connectivity index (χ3v) is 2.50. The Morgan fingerprint density at radius 1 is 1.59 bits per heavy atom. The van der Waals surface area contributed by atoms with Crippen molar-refractivity contribution in [3.05, 3.63) is 29.6 Å². The molecule has 0 aromatic heterocycles. The van der Waals surface area contributed by atoms with Gasteiger partial charge in [-0.15, -0.1) is 0 Å². The summed E-state index contributed by atoms with van der Waals surface area (Å²) < 4.78 is 18.2. The van der Waals surface area contributed by atoms with Gasteiger partial charge in [0.05, 0.1) is 7.11 Å². The molecule has 0 spiro atoms. The Morgan fingerprint density at radius 2 is 2.29 bits per heavy atom. The fraction of sp³-hybridized carbons (Fsp3) is 0.417. The van der Waals surface area contributed by atoms with E-state index in [1.807, 2.05) is 0 Å². The molecule has 0 heterocycles. The van der Waals surface area contributed by atoms with Gasteiger partial charge in [-0.1, -0.05) is 0 Å². The van der Waals surface area contributed by atoms with Crippen LogP contribution in [-0.4, -0.2) is 18.2 Å². The van der Waals surface area contributed by atoms with Crippen LogP contribution in [0.15, 0.2) is 18.2 Å². The van der Waals surface area contributed by atoms with E-state index >= 15 is 0 Å². The molecule has 3 N–H and O–H groups in total. The molecule has 1 unspecified atom stereocenters. The first-order chi connectivity index (χ1) is 8.04. The number of carbonyl (C=O) groups is 1. The third-order valence-electron chi connectivity index (χ3n) is 2.50. The van der Waals surface area contributed by atoms with E-state index in [1.165, 1.54) is 25.3 Å². The predicted molar refractivity (Wildman–Crippen MR) is 61.4 cm³/mol. The quantitative estimate of drug-likeness (QED) is 0.799. The number of benzene rings is 1. The van der Waals surface area contributed by atoms with E-state index in [2.05, 4.69) is 0 Å². The van der Waals surface area contributed by atoms with Crippen LogP contribution in [0.3, 0.4) is 0 Å². The molecule has 0 aliphatic carbocycles. The smallest absolute Gasteiger partial charge is 0.303 e. The van der Waals surface area contributed by atoms with Crippen LogP contribution in [0.2, 0.25) is 0 Å². The first-order valence-electron chi connectivity index (χ1n) is 5.35. The van der Waals surface area contributed by atoms with Gasteiger partial charge in [-0.3, -0.25) is 4.79 Å². The first-order valence-corrected chi connectivity index (χ1v) is 5.35. The molecule has 0 aliphatic rings. The van der Waals surface area contributed by atoms with Crippen LogP contribution in [0.4, 0.5) is 4.39 Å². The normalized spacial score (nSPS) is 12.2. The van der Waals surface area contributed by atoms with Gasteiger partial charge in [0.25, 0.3) is 0 Å². The van der Waals surface area contributed by atoms with Gasteiger partial charge >= 0.3 is 5.97 Å². The number of carboxylic acid groups (broad SMARTS) is 1. The van der Waals surface area contributed by atoms with Gasteiger partial charge in [-0.05, 0) is 31.0 Å². The molecule has 17 heavy (non-hydrogen) atoms. The van der Waals surface area contributed by atoms with Crippen LogP contribution < -0.4 is 10.5 Å². The average Bonchev–Trinajstić information content (AvgIpc) is 2.28. The number of aliphatic carboxylic acids is 1. The number of hydrogen-bond donors (Lipinski definition) is 2. The van der Waals surface area contributed by atoms with E-state index in [-0.39, 0.29) is 12.2 Å². The minimum Gasteiger partial charge on any atom is -0.496 e. The highest BCUT2D eigenvalue weighted by molar-refractivity contribution is 5.66. The van der Waals surface area contributed by atoms with Gasteiger partial charge in [-0.2, -0.15) is 0 Å². The molecular formula is C12H16FNO3. The molecule has 0 aliphatic heterocycles. The molecule has 5 heteroatoms. The lowest BCUT2D eigenvalue weighted by Crippen LogP contribution is -2.12. The first kappa shape index (κ1) is 13.4. The molecule has 1 rings (SSSR count). The largest absolute Gasteiger partial charge is 0.496 e. The zero-order valence-corrected chi connectivity index (χ0v) is 9.65. The fourth-order valence-electron chi connectivity index (χ4n) is 1.62. The topological polar surface area (TPSA) is 72.5 Å². The Morgan fingerprint density at radius 3 is 2.88 bits per heavy atom. The van der Waals surface area contributed by atoms with Crippen molar-refractivity contribution in [3.63, 3.8) is 0 Å². The molecule has 0 bridgehead atoms. The second kappa shape index (κ2) is 6.20. The fourth-order valence-corrected chi connectivity index (χ4v) is 1.62. The third kappa shape index (κ3) is 4.03. The summed E-state index contributed by atoms with van der Waals surface area (Å²) in [6, 6.07) is 3.72. The van der Waals surface area contributed by atoms with E-state index in [1.54, 1.807) is 0 Å².